The average molecular weight is 135 g/mol. The van der Waals surface area contributed by atoms with Gasteiger partial charge in [-0.25, -0.2) is 0 Å². The Kier molecular flexibility index (Phi) is 0.887. The molecule has 4 heteroatoms. The Morgan fingerprint density at radius 1 is 1.40 bits per heavy atom. The summed E-state index contributed by atoms with van der Waals surface area (Å²) in [6.45, 7) is 0. The predicted molar refractivity (Wildman–Crippen MR) is 33.8 cm³/mol. The highest BCUT2D eigenvalue weighted by atomic mass is 16.5. The first-order valence-corrected chi connectivity index (χ1v) is 2.85. The summed E-state index contributed by atoms with van der Waals surface area (Å²) in [6, 6.07) is 1.79. The average Bonchev–Trinajstić information content (AvgIpc) is 2.36. The van der Waals surface area contributed by atoms with Gasteiger partial charge in [-0.1, -0.05) is 0 Å². The first-order chi connectivity index (χ1) is 4.88. The summed E-state index contributed by atoms with van der Waals surface area (Å²) in [5.41, 5.74) is 1.51. The van der Waals surface area contributed by atoms with Crippen LogP contribution in [0.1, 0.15) is 0 Å². The minimum absolute atomic E-state index is 0.627. The van der Waals surface area contributed by atoms with Gasteiger partial charge in [-0.2, -0.15) is 0 Å². The first kappa shape index (κ1) is 5.22. The largest absolute Gasteiger partial charge is 0.411 e. The van der Waals surface area contributed by atoms with Crippen LogP contribution in [0.4, 0.5) is 0 Å². The van der Waals surface area contributed by atoms with Crippen molar-refractivity contribution < 1.29 is 5.21 Å². The van der Waals surface area contributed by atoms with Crippen LogP contribution in [-0.4, -0.2) is 20.1 Å². The van der Waals surface area contributed by atoms with Crippen molar-refractivity contribution >= 4 is 0 Å². The molecule has 0 spiro atoms. The zero-order valence-electron chi connectivity index (χ0n) is 5.10. The van der Waals surface area contributed by atoms with Crippen LogP contribution in [0.25, 0.3) is 11.3 Å². The molecule has 0 aromatic carbocycles. The molecule has 0 saturated heterocycles. The lowest BCUT2D eigenvalue weighted by atomic mass is 10.3. The highest BCUT2D eigenvalue weighted by Crippen LogP contribution is 2.16. The van der Waals surface area contributed by atoms with Gasteiger partial charge in [0.2, 0.25) is 0 Å². The van der Waals surface area contributed by atoms with Crippen LogP contribution in [-0.2, 0) is 0 Å². The summed E-state index contributed by atoms with van der Waals surface area (Å²) in [5.74, 6) is 0. The highest BCUT2D eigenvalue weighted by molar-refractivity contribution is 5.57. The van der Waals surface area contributed by atoms with Crippen LogP contribution in [0.5, 0.6) is 0 Å². The van der Waals surface area contributed by atoms with E-state index in [1.54, 1.807) is 18.5 Å². The van der Waals surface area contributed by atoms with E-state index in [-0.39, 0.29) is 0 Å². The molecule has 4 nitrogen and oxygen atoms in total. The number of nitrogens with zero attached hydrogens (tertiary/aromatic N) is 3. The SMILES string of the molecule is On1nccc2cncc1-2. The third-order valence-corrected chi connectivity index (χ3v) is 1.35. The molecule has 0 unspecified atom stereocenters. The fraction of sp³-hybridized carbons (Fsp3) is 0. The third-order valence-electron chi connectivity index (χ3n) is 1.35. The normalized spacial score (nSPS) is 10.4. The second-order valence-corrected chi connectivity index (χ2v) is 1.97. The van der Waals surface area contributed by atoms with Crippen LogP contribution < -0.4 is 0 Å². The standard InChI is InChI=1S/C6H5N3O/c10-9-6-4-7-3-5(6)1-2-8-9/h1-4,10H. The van der Waals surface area contributed by atoms with Crippen molar-refractivity contribution in [1.29, 1.82) is 0 Å². The zero-order chi connectivity index (χ0) is 6.97. The minimum Gasteiger partial charge on any atom is -0.411 e. The van der Waals surface area contributed by atoms with Gasteiger partial charge in [-0.15, -0.1) is 9.94 Å². The molecule has 0 amide bonds. The van der Waals surface area contributed by atoms with Gasteiger partial charge in [-0.05, 0) is 6.07 Å². The van der Waals surface area contributed by atoms with E-state index in [2.05, 4.69) is 10.1 Å². The minimum atomic E-state index is 0.627. The summed E-state index contributed by atoms with van der Waals surface area (Å²) >= 11 is 0. The Labute approximate surface area is 57.0 Å². The maximum atomic E-state index is 9.03. The summed E-state index contributed by atoms with van der Waals surface area (Å²) in [7, 11) is 0. The Morgan fingerprint density at radius 3 is 3.10 bits per heavy atom. The van der Waals surface area contributed by atoms with Crippen LogP contribution in [0.3, 0.4) is 0 Å². The Balaban J connectivity index is 2.80. The topological polar surface area (TPSA) is 50.9 Å². The molecule has 50 valence electrons. The van der Waals surface area contributed by atoms with Crippen LogP contribution >= 0.6 is 0 Å². The zero-order valence-corrected chi connectivity index (χ0v) is 5.10. The molecule has 0 aromatic heterocycles. The van der Waals surface area contributed by atoms with Gasteiger partial charge in [-0.3, -0.25) is 4.98 Å². The van der Waals surface area contributed by atoms with Gasteiger partial charge in [0.05, 0.1) is 12.4 Å². The lowest BCUT2D eigenvalue weighted by molar-refractivity contribution is 0.149. The molecule has 0 aliphatic carbocycles. The van der Waals surface area contributed by atoms with Crippen molar-refractivity contribution in [1.82, 2.24) is 14.9 Å². The lowest BCUT2D eigenvalue weighted by Crippen LogP contribution is -2.00. The Morgan fingerprint density at radius 2 is 2.30 bits per heavy atom. The number of fused-ring (bicyclic) bond motifs is 1. The molecule has 0 saturated carbocycles. The lowest BCUT2D eigenvalue weighted by Gasteiger charge is -1.99. The maximum Gasteiger partial charge on any atom is 0.128 e. The van der Waals surface area contributed by atoms with Crippen molar-refractivity contribution in [2.75, 3.05) is 0 Å². The summed E-state index contributed by atoms with van der Waals surface area (Å²) in [4.78, 5) is 4.65. The summed E-state index contributed by atoms with van der Waals surface area (Å²) < 4.78 is 0. The van der Waals surface area contributed by atoms with Crippen molar-refractivity contribution in [3.63, 3.8) is 0 Å². The van der Waals surface area contributed by atoms with Crippen LogP contribution in [0, 0.1) is 0 Å². The quantitative estimate of drug-likeness (QED) is 0.539. The van der Waals surface area contributed by atoms with Gasteiger partial charge in [0.15, 0.2) is 0 Å². The predicted octanol–water partition coefficient (Wildman–Crippen LogP) is 0.620. The van der Waals surface area contributed by atoms with Crippen molar-refractivity contribution in [3.8, 4) is 11.3 Å². The van der Waals surface area contributed by atoms with Crippen LogP contribution in [0.15, 0.2) is 24.7 Å². The van der Waals surface area contributed by atoms with Gasteiger partial charge < -0.3 is 5.21 Å². The molecule has 0 radical (unpaired) electrons. The fourth-order valence-electron chi connectivity index (χ4n) is 0.863. The van der Waals surface area contributed by atoms with E-state index in [0.29, 0.717) is 5.69 Å². The van der Waals surface area contributed by atoms with Gasteiger partial charge in [0.25, 0.3) is 0 Å². The van der Waals surface area contributed by atoms with Crippen LogP contribution in [0.2, 0.25) is 0 Å². The van der Waals surface area contributed by atoms with Crippen molar-refractivity contribution in [3.05, 3.63) is 24.7 Å². The number of rotatable bonds is 0. The first-order valence-electron chi connectivity index (χ1n) is 2.85. The molecular weight excluding hydrogens is 130 g/mol. The Hall–Kier alpha value is -1.58. The molecular formula is C6H5N3O. The van der Waals surface area contributed by atoms with E-state index in [1.807, 2.05) is 0 Å². The fourth-order valence-corrected chi connectivity index (χ4v) is 0.863. The third kappa shape index (κ3) is 0.556. The molecule has 0 atom stereocenters. The number of hydrogen-bond acceptors (Lipinski definition) is 3. The van der Waals surface area contributed by atoms with Gasteiger partial charge in [0.1, 0.15) is 5.69 Å². The molecule has 2 aliphatic rings. The summed E-state index contributed by atoms with van der Waals surface area (Å²) in [6.07, 6.45) is 4.75. The van der Waals surface area contributed by atoms with E-state index >= 15 is 0 Å². The van der Waals surface area contributed by atoms with Crippen molar-refractivity contribution in [2.45, 2.75) is 0 Å². The molecule has 10 heavy (non-hydrogen) atoms. The molecule has 0 bridgehead atoms. The molecule has 2 aliphatic heterocycles. The van der Waals surface area contributed by atoms with Crippen molar-refractivity contribution in [2.24, 2.45) is 0 Å². The molecule has 2 rings (SSSR count). The van der Waals surface area contributed by atoms with E-state index in [0.717, 1.165) is 10.4 Å². The van der Waals surface area contributed by atoms with E-state index in [4.69, 9.17) is 5.21 Å². The summed E-state index contributed by atoms with van der Waals surface area (Å²) in [5, 5.41) is 12.6. The van der Waals surface area contributed by atoms with Gasteiger partial charge >= 0.3 is 0 Å². The van der Waals surface area contributed by atoms with Gasteiger partial charge in [0, 0.05) is 11.8 Å². The second-order valence-electron chi connectivity index (χ2n) is 1.97. The monoisotopic (exact) mass is 135 g/mol. The molecule has 0 aromatic rings. The smallest absolute Gasteiger partial charge is 0.128 e. The maximum absolute atomic E-state index is 9.03. The molecule has 0 fully saturated rings. The molecule has 1 N–H and O–H groups in total. The van der Waals surface area contributed by atoms with E-state index in [1.165, 1.54) is 6.20 Å². The van der Waals surface area contributed by atoms with E-state index in [9.17, 15) is 0 Å². The Bertz CT molecular complexity index is 317. The second kappa shape index (κ2) is 1.70. The van der Waals surface area contributed by atoms with E-state index < -0.39 is 0 Å². The highest BCUT2D eigenvalue weighted by Gasteiger charge is 2.05. The number of hydrogen-bond donors (Lipinski definition) is 1. The molecule has 2 heterocycles. The number of aromatic nitrogens is 3.